The first-order valence-corrected chi connectivity index (χ1v) is 7.67. The molecule has 0 saturated carbocycles. The Labute approximate surface area is 118 Å². The number of fused-ring (bicyclic) bond motifs is 1. The molecule has 0 amide bonds. The van der Waals surface area contributed by atoms with Gasteiger partial charge in [-0.1, -0.05) is 0 Å². The van der Waals surface area contributed by atoms with Crippen LogP contribution in [0.5, 0.6) is 0 Å². The van der Waals surface area contributed by atoms with Crippen molar-refractivity contribution in [3.63, 3.8) is 0 Å². The predicted molar refractivity (Wildman–Crippen MR) is 78.3 cm³/mol. The van der Waals surface area contributed by atoms with Crippen LogP contribution in [0.2, 0.25) is 0 Å². The van der Waals surface area contributed by atoms with Gasteiger partial charge in [0.2, 0.25) is 0 Å². The van der Waals surface area contributed by atoms with Crippen molar-refractivity contribution in [1.29, 1.82) is 0 Å². The molecule has 2 aromatic heterocycles. The average molecular weight is 276 g/mol. The Bertz CT molecular complexity index is 546. The summed E-state index contributed by atoms with van der Waals surface area (Å²) in [7, 11) is 1.97. The molecule has 1 aliphatic heterocycles. The highest BCUT2D eigenvalue weighted by atomic mass is 32.1. The van der Waals surface area contributed by atoms with E-state index in [-0.39, 0.29) is 0 Å². The zero-order valence-electron chi connectivity index (χ0n) is 11.5. The molecule has 1 atom stereocenters. The molecule has 0 aliphatic carbocycles. The van der Waals surface area contributed by atoms with Crippen LogP contribution in [-0.4, -0.2) is 18.5 Å². The zero-order valence-corrected chi connectivity index (χ0v) is 12.3. The van der Waals surface area contributed by atoms with Crippen LogP contribution in [0.4, 0.5) is 0 Å². The average Bonchev–Trinajstić information content (AvgIpc) is 3.03. The van der Waals surface area contributed by atoms with Crippen molar-refractivity contribution in [2.24, 2.45) is 0 Å². The van der Waals surface area contributed by atoms with Crippen molar-refractivity contribution in [2.75, 3.05) is 13.6 Å². The van der Waals surface area contributed by atoms with Gasteiger partial charge in [0, 0.05) is 29.6 Å². The fraction of sp³-hybridized carbons (Fsp3) is 0.467. The molecule has 0 spiro atoms. The van der Waals surface area contributed by atoms with Crippen LogP contribution < -0.4 is 5.32 Å². The SMILES string of the molecule is CNCc1ccoc1CN1CCc2sccc2C1C. The van der Waals surface area contributed by atoms with Crippen molar-refractivity contribution < 1.29 is 4.42 Å². The van der Waals surface area contributed by atoms with E-state index >= 15 is 0 Å². The molecule has 3 rings (SSSR count). The third kappa shape index (κ3) is 2.48. The second kappa shape index (κ2) is 5.49. The fourth-order valence-corrected chi connectivity index (χ4v) is 3.78. The molecule has 0 bridgehead atoms. The largest absolute Gasteiger partial charge is 0.468 e. The lowest BCUT2D eigenvalue weighted by Gasteiger charge is -2.33. The highest BCUT2D eigenvalue weighted by molar-refractivity contribution is 7.10. The molecular weight excluding hydrogens is 256 g/mol. The summed E-state index contributed by atoms with van der Waals surface area (Å²) in [5.74, 6) is 1.10. The van der Waals surface area contributed by atoms with Gasteiger partial charge in [-0.05, 0) is 43.5 Å². The molecule has 0 fully saturated rings. The summed E-state index contributed by atoms with van der Waals surface area (Å²) in [6, 6.07) is 4.83. The molecule has 0 radical (unpaired) electrons. The Morgan fingerprint density at radius 3 is 3.21 bits per heavy atom. The van der Waals surface area contributed by atoms with Crippen LogP contribution >= 0.6 is 11.3 Å². The first-order chi connectivity index (χ1) is 9.29. The van der Waals surface area contributed by atoms with Crippen LogP contribution in [-0.2, 0) is 19.5 Å². The maximum atomic E-state index is 5.66. The van der Waals surface area contributed by atoms with Gasteiger partial charge in [-0.2, -0.15) is 0 Å². The second-order valence-electron chi connectivity index (χ2n) is 5.09. The van der Waals surface area contributed by atoms with Crippen LogP contribution in [0.15, 0.2) is 28.2 Å². The van der Waals surface area contributed by atoms with Crippen molar-refractivity contribution in [1.82, 2.24) is 10.2 Å². The van der Waals surface area contributed by atoms with Gasteiger partial charge in [0.25, 0.3) is 0 Å². The van der Waals surface area contributed by atoms with Crippen molar-refractivity contribution >= 4 is 11.3 Å². The molecule has 102 valence electrons. The smallest absolute Gasteiger partial charge is 0.122 e. The topological polar surface area (TPSA) is 28.4 Å². The molecule has 4 heteroatoms. The molecule has 1 unspecified atom stereocenters. The minimum atomic E-state index is 0.488. The van der Waals surface area contributed by atoms with Crippen molar-refractivity contribution in [3.8, 4) is 0 Å². The minimum Gasteiger partial charge on any atom is -0.468 e. The van der Waals surface area contributed by atoms with Crippen LogP contribution in [0, 0.1) is 0 Å². The van der Waals surface area contributed by atoms with Gasteiger partial charge < -0.3 is 9.73 Å². The van der Waals surface area contributed by atoms with E-state index in [1.54, 1.807) is 11.1 Å². The Kier molecular flexibility index (Phi) is 3.73. The van der Waals surface area contributed by atoms with Crippen LogP contribution in [0.3, 0.4) is 0 Å². The highest BCUT2D eigenvalue weighted by Crippen LogP contribution is 2.34. The lowest BCUT2D eigenvalue weighted by molar-refractivity contribution is 0.176. The lowest BCUT2D eigenvalue weighted by Crippen LogP contribution is -2.32. The van der Waals surface area contributed by atoms with Gasteiger partial charge in [-0.3, -0.25) is 4.90 Å². The number of nitrogens with one attached hydrogen (secondary N) is 1. The lowest BCUT2D eigenvalue weighted by atomic mass is 10.0. The molecule has 3 nitrogen and oxygen atoms in total. The molecule has 3 heterocycles. The van der Waals surface area contributed by atoms with E-state index in [0.717, 1.165) is 25.4 Å². The Hall–Kier alpha value is -1.10. The number of rotatable bonds is 4. The quantitative estimate of drug-likeness (QED) is 0.929. The Balaban J connectivity index is 1.76. The van der Waals surface area contributed by atoms with E-state index in [9.17, 15) is 0 Å². The zero-order chi connectivity index (χ0) is 13.2. The maximum Gasteiger partial charge on any atom is 0.122 e. The highest BCUT2D eigenvalue weighted by Gasteiger charge is 2.25. The summed E-state index contributed by atoms with van der Waals surface area (Å²) in [6.45, 7) is 5.19. The fourth-order valence-electron chi connectivity index (χ4n) is 2.82. The second-order valence-corrected chi connectivity index (χ2v) is 6.10. The summed E-state index contributed by atoms with van der Waals surface area (Å²) >= 11 is 1.89. The minimum absolute atomic E-state index is 0.488. The molecule has 2 aromatic rings. The number of furan rings is 1. The standard InChI is InChI=1S/C15H20N2OS/c1-11-13-5-8-19-15(13)3-6-17(11)10-14-12(9-16-2)4-7-18-14/h4-5,7-8,11,16H,3,6,9-10H2,1-2H3. The van der Waals surface area contributed by atoms with E-state index in [4.69, 9.17) is 4.42 Å². The summed E-state index contributed by atoms with van der Waals surface area (Å²) in [6.07, 6.45) is 2.96. The van der Waals surface area contributed by atoms with E-state index in [1.165, 1.54) is 17.5 Å². The molecule has 19 heavy (non-hydrogen) atoms. The van der Waals surface area contributed by atoms with Gasteiger partial charge >= 0.3 is 0 Å². The third-order valence-electron chi connectivity index (χ3n) is 3.96. The van der Waals surface area contributed by atoms with E-state index < -0.39 is 0 Å². The van der Waals surface area contributed by atoms with Gasteiger partial charge in [0.05, 0.1) is 12.8 Å². The molecular formula is C15H20N2OS. The molecule has 0 saturated heterocycles. The normalized spacial score (nSPS) is 19.6. The Morgan fingerprint density at radius 2 is 2.37 bits per heavy atom. The van der Waals surface area contributed by atoms with Gasteiger partial charge in [-0.15, -0.1) is 11.3 Å². The van der Waals surface area contributed by atoms with E-state index in [0.29, 0.717) is 6.04 Å². The number of nitrogens with zero attached hydrogens (tertiary/aromatic N) is 1. The first kappa shape index (κ1) is 12.9. The summed E-state index contributed by atoms with van der Waals surface area (Å²) in [4.78, 5) is 4.06. The number of hydrogen-bond donors (Lipinski definition) is 1. The molecule has 0 aromatic carbocycles. The van der Waals surface area contributed by atoms with Crippen molar-refractivity contribution in [3.05, 3.63) is 45.5 Å². The summed E-state index contributed by atoms with van der Waals surface area (Å²) < 4.78 is 5.66. The summed E-state index contributed by atoms with van der Waals surface area (Å²) in [5, 5.41) is 5.41. The number of thiophene rings is 1. The number of hydrogen-bond acceptors (Lipinski definition) is 4. The van der Waals surface area contributed by atoms with Gasteiger partial charge in [0.1, 0.15) is 5.76 Å². The predicted octanol–water partition coefficient (Wildman–Crippen LogP) is 3.18. The van der Waals surface area contributed by atoms with Crippen molar-refractivity contribution in [2.45, 2.75) is 32.5 Å². The first-order valence-electron chi connectivity index (χ1n) is 6.79. The monoisotopic (exact) mass is 276 g/mol. The van der Waals surface area contributed by atoms with Crippen LogP contribution in [0.25, 0.3) is 0 Å². The van der Waals surface area contributed by atoms with Gasteiger partial charge in [-0.25, -0.2) is 0 Å². The third-order valence-corrected chi connectivity index (χ3v) is 4.95. The molecule has 1 N–H and O–H groups in total. The van der Waals surface area contributed by atoms with E-state index in [1.807, 2.05) is 18.4 Å². The van der Waals surface area contributed by atoms with Crippen LogP contribution in [0.1, 0.15) is 34.7 Å². The van der Waals surface area contributed by atoms with E-state index in [2.05, 4.69) is 34.7 Å². The summed E-state index contributed by atoms with van der Waals surface area (Å²) in [5.41, 5.74) is 2.77. The molecule has 1 aliphatic rings. The maximum absolute atomic E-state index is 5.66. The van der Waals surface area contributed by atoms with Gasteiger partial charge in [0.15, 0.2) is 0 Å². The Morgan fingerprint density at radius 1 is 1.47 bits per heavy atom.